The van der Waals surface area contributed by atoms with Crippen LogP contribution in [0.25, 0.3) is 32.9 Å². The monoisotopic (exact) mass is 456 g/mol. The molecule has 0 fully saturated rings. The molecule has 0 spiro atoms. The number of hydrogen-bond acceptors (Lipinski definition) is 6. The first-order valence-corrected chi connectivity index (χ1v) is 11.3. The van der Waals surface area contributed by atoms with Gasteiger partial charge in [0.25, 0.3) is 11.5 Å². The number of benzene rings is 1. The SMILES string of the molecule is CC(C)n1ncc2c(C(=O)Nc3cccc(-c4ccc(=O)[nH]n4)c3)cc(-c3cccs3)nc21. The highest BCUT2D eigenvalue weighted by Crippen LogP contribution is 2.29. The highest BCUT2D eigenvalue weighted by molar-refractivity contribution is 7.13. The molecule has 4 aromatic heterocycles. The van der Waals surface area contributed by atoms with E-state index in [-0.39, 0.29) is 17.5 Å². The molecule has 9 heteroatoms. The summed E-state index contributed by atoms with van der Waals surface area (Å²) in [4.78, 5) is 30.5. The summed E-state index contributed by atoms with van der Waals surface area (Å²) in [6.07, 6.45) is 1.69. The Kier molecular flexibility index (Phi) is 5.31. The van der Waals surface area contributed by atoms with Crippen molar-refractivity contribution in [2.45, 2.75) is 19.9 Å². The molecule has 8 nitrogen and oxygen atoms in total. The smallest absolute Gasteiger partial charge is 0.264 e. The summed E-state index contributed by atoms with van der Waals surface area (Å²) >= 11 is 1.57. The van der Waals surface area contributed by atoms with Gasteiger partial charge in [0.1, 0.15) is 0 Å². The maximum atomic E-state index is 13.4. The normalized spacial score (nSPS) is 11.2. The largest absolute Gasteiger partial charge is 0.322 e. The number of thiophene rings is 1. The number of amides is 1. The molecule has 4 heterocycles. The molecule has 164 valence electrons. The van der Waals surface area contributed by atoms with Crippen LogP contribution < -0.4 is 10.9 Å². The first-order valence-electron chi connectivity index (χ1n) is 10.4. The fraction of sp³-hybridized carbons (Fsp3) is 0.125. The van der Waals surface area contributed by atoms with E-state index in [1.807, 2.05) is 66.4 Å². The number of aromatic nitrogens is 5. The van der Waals surface area contributed by atoms with Gasteiger partial charge in [-0.1, -0.05) is 18.2 Å². The molecule has 1 aromatic carbocycles. The lowest BCUT2D eigenvalue weighted by molar-refractivity contribution is 0.102. The Bertz CT molecular complexity index is 1500. The second kappa shape index (κ2) is 8.44. The number of aromatic amines is 1. The molecule has 0 aliphatic rings. The summed E-state index contributed by atoms with van der Waals surface area (Å²) in [5.74, 6) is -0.255. The summed E-state index contributed by atoms with van der Waals surface area (Å²) in [5, 5.41) is 16.6. The standard InChI is InChI=1S/C24H20N6O2S/c1-14(2)30-23-18(13-25-30)17(12-20(27-23)21-7-4-10-33-21)24(32)26-16-6-3-5-15(11-16)19-8-9-22(31)29-28-19/h3-14H,1-2H3,(H,26,32)(H,29,31). The Morgan fingerprint density at radius 1 is 1.09 bits per heavy atom. The predicted molar refractivity (Wildman–Crippen MR) is 129 cm³/mol. The fourth-order valence-electron chi connectivity index (χ4n) is 3.59. The molecular weight excluding hydrogens is 436 g/mol. The van der Waals surface area contributed by atoms with Crippen molar-refractivity contribution in [3.05, 3.63) is 82.1 Å². The quantitative estimate of drug-likeness (QED) is 0.397. The summed E-state index contributed by atoms with van der Waals surface area (Å²) in [7, 11) is 0. The van der Waals surface area contributed by atoms with Crippen LogP contribution in [0.3, 0.4) is 0 Å². The van der Waals surface area contributed by atoms with Gasteiger partial charge in [-0.15, -0.1) is 11.3 Å². The molecule has 33 heavy (non-hydrogen) atoms. The summed E-state index contributed by atoms with van der Waals surface area (Å²) in [6.45, 7) is 4.06. The van der Waals surface area contributed by atoms with Gasteiger partial charge in [-0.3, -0.25) is 9.59 Å². The van der Waals surface area contributed by atoms with E-state index in [4.69, 9.17) is 4.98 Å². The van der Waals surface area contributed by atoms with Crippen LogP contribution in [0.4, 0.5) is 5.69 Å². The van der Waals surface area contributed by atoms with Crippen molar-refractivity contribution in [1.29, 1.82) is 0 Å². The second-order valence-corrected chi connectivity index (χ2v) is 8.74. The number of H-pyrrole nitrogens is 1. The molecule has 0 saturated carbocycles. The summed E-state index contributed by atoms with van der Waals surface area (Å²) in [6, 6.07) is 16.2. The molecule has 0 atom stereocenters. The van der Waals surface area contributed by atoms with Crippen LogP contribution in [-0.2, 0) is 0 Å². The van der Waals surface area contributed by atoms with Crippen molar-refractivity contribution in [3.8, 4) is 21.8 Å². The Labute approximate surface area is 192 Å². The first-order chi connectivity index (χ1) is 16.0. The molecule has 0 aliphatic heterocycles. The van der Waals surface area contributed by atoms with Gasteiger partial charge >= 0.3 is 0 Å². The first kappa shape index (κ1) is 20.8. The zero-order valence-corrected chi connectivity index (χ0v) is 18.8. The van der Waals surface area contributed by atoms with Gasteiger partial charge in [0.15, 0.2) is 5.65 Å². The van der Waals surface area contributed by atoms with E-state index in [2.05, 4.69) is 20.6 Å². The van der Waals surface area contributed by atoms with Gasteiger partial charge in [-0.25, -0.2) is 14.8 Å². The number of fused-ring (bicyclic) bond motifs is 1. The lowest BCUT2D eigenvalue weighted by Crippen LogP contribution is -2.13. The lowest BCUT2D eigenvalue weighted by atomic mass is 10.1. The average Bonchev–Trinajstić information content (AvgIpc) is 3.49. The third-order valence-corrected chi connectivity index (χ3v) is 6.06. The highest BCUT2D eigenvalue weighted by Gasteiger charge is 2.19. The molecule has 0 aliphatic carbocycles. The number of carbonyl (C=O) groups is 1. The number of nitrogens with zero attached hydrogens (tertiary/aromatic N) is 4. The molecule has 0 saturated heterocycles. The summed E-state index contributed by atoms with van der Waals surface area (Å²) in [5.41, 5.74) is 3.63. The number of nitrogens with one attached hydrogen (secondary N) is 2. The van der Waals surface area contributed by atoms with Crippen LogP contribution >= 0.6 is 11.3 Å². The van der Waals surface area contributed by atoms with Gasteiger partial charge in [0, 0.05) is 23.4 Å². The molecule has 0 bridgehead atoms. The van der Waals surface area contributed by atoms with Crippen molar-refractivity contribution >= 4 is 34.0 Å². The molecule has 5 rings (SSSR count). The summed E-state index contributed by atoms with van der Waals surface area (Å²) < 4.78 is 1.83. The zero-order valence-electron chi connectivity index (χ0n) is 17.9. The topological polar surface area (TPSA) is 106 Å². The minimum atomic E-state index is -0.270. The van der Waals surface area contributed by atoms with Gasteiger partial charge in [0.2, 0.25) is 0 Å². The van der Waals surface area contributed by atoms with E-state index < -0.39 is 0 Å². The van der Waals surface area contributed by atoms with E-state index in [1.54, 1.807) is 23.6 Å². The van der Waals surface area contributed by atoms with E-state index >= 15 is 0 Å². The maximum Gasteiger partial charge on any atom is 0.264 e. The molecular formula is C24H20N6O2S. The minimum absolute atomic E-state index is 0.103. The number of carbonyl (C=O) groups excluding carboxylic acids is 1. The molecule has 5 aromatic rings. The Balaban J connectivity index is 1.54. The van der Waals surface area contributed by atoms with Crippen LogP contribution in [0.15, 0.2) is 71.0 Å². The molecule has 1 amide bonds. The van der Waals surface area contributed by atoms with Gasteiger partial charge in [0.05, 0.1) is 33.4 Å². The third kappa shape index (κ3) is 4.06. The van der Waals surface area contributed by atoms with Crippen LogP contribution in [0.2, 0.25) is 0 Å². The van der Waals surface area contributed by atoms with Gasteiger partial charge in [-0.05, 0) is 49.6 Å². The highest BCUT2D eigenvalue weighted by atomic mass is 32.1. The maximum absolute atomic E-state index is 13.4. The average molecular weight is 457 g/mol. The van der Waals surface area contributed by atoms with E-state index in [9.17, 15) is 9.59 Å². The van der Waals surface area contributed by atoms with Crippen LogP contribution in [-0.4, -0.2) is 30.9 Å². The van der Waals surface area contributed by atoms with E-state index in [0.717, 1.165) is 16.1 Å². The van der Waals surface area contributed by atoms with Crippen molar-refractivity contribution in [2.24, 2.45) is 0 Å². The lowest BCUT2D eigenvalue weighted by Gasteiger charge is -2.11. The Morgan fingerprint density at radius 3 is 2.70 bits per heavy atom. The Hall–Kier alpha value is -4.11. The Morgan fingerprint density at radius 2 is 1.97 bits per heavy atom. The van der Waals surface area contributed by atoms with Crippen LogP contribution in [0.5, 0.6) is 0 Å². The molecule has 0 unspecified atom stereocenters. The van der Waals surface area contributed by atoms with Crippen LogP contribution in [0.1, 0.15) is 30.2 Å². The fourth-order valence-corrected chi connectivity index (χ4v) is 4.28. The van der Waals surface area contributed by atoms with E-state index in [1.165, 1.54) is 6.07 Å². The number of pyridine rings is 1. The van der Waals surface area contributed by atoms with Crippen molar-refractivity contribution < 1.29 is 4.79 Å². The van der Waals surface area contributed by atoms with E-state index in [0.29, 0.717) is 28.0 Å². The number of rotatable bonds is 5. The van der Waals surface area contributed by atoms with Crippen molar-refractivity contribution in [2.75, 3.05) is 5.32 Å². The minimum Gasteiger partial charge on any atom is -0.322 e. The van der Waals surface area contributed by atoms with Crippen molar-refractivity contribution in [1.82, 2.24) is 25.0 Å². The third-order valence-electron chi connectivity index (χ3n) is 5.17. The predicted octanol–water partition coefficient (Wildman–Crippen LogP) is 4.74. The number of anilines is 1. The van der Waals surface area contributed by atoms with Crippen molar-refractivity contribution in [3.63, 3.8) is 0 Å². The van der Waals surface area contributed by atoms with Crippen LogP contribution in [0, 0.1) is 0 Å². The van der Waals surface area contributed by atoms with Gasteiger partial charge in [-0.2, -0.15) is 10.2 Å². The van der Waals surface area contributed by atoms with Gasteiger partial charge < -0.3 is 5.32 Å². The zero-order chi connectivity index (χ0) is 22.9. The molecule has 2 N–H and O–H groups in total. The number of hydrogen-bond donors (Lipinski definition) is 2. The molecule has 0 radical (unpaired) electrons. The second-order valence-electron chi connectivity index (χ2n) is 7.79.